The Kier molecular flexibility index (Phi) is 2.64. The number of para-hydroxylation sites is 1. The maximum atomic E-state index is 12.1. The van der Waals surface area contributed by atoms with Gasteiger partial charge in [0.25, 0.3) is 5.60 Å². The summed E-state index contributed by atoms with van der Waals surface area (Å²) in [5.41, 5.74) is 0.234. The highest BCUT2D eigenvalue weighted by molar-refractivity contribution is 6.19. The van der Waals surface area contributed by atoms with Gasteiger partial charge in [-0.15, -0.1) is 0 Å². The molecule has 0 fully saturated rings. The molecule has 6 nitrogen and oxygen atoms in total. The lowest BCUT2D eigenvalue weighted by atomic mass is 9.92. The highest BCUT2D eigenvalue weighted by atomic mass is 16.7. The van der Waals surface area contributed by atoms with Crippen molar-refractivity contribution in [3.8, 4) is 5.75 Å². The Morgan fingerprint density at radius 3 is 2.76 bits per heavy atom. The molecule has 1 amide bonds. The summed E-state index contributed by atoms with van der Waals surface area (Å²) in [6.07, 6.45) is 0.228. The molecule has 0 aliphatic carbocycles. The molecule has 1 atom stereocenters. The fourth-order valence-corrected chi connectivity index (χ4v) is 1.52. The van der Waals surface area contributed by atoms with Crippen molar-refractivity contribution in [2.45, 2.75) is 12.5 Å². The summed E-state index contributed by atoms with van der Waals surface area (Å²) in [7, 11) is 0. The Bertz CT molecular complexity index is 498. The van der Waals surface area contributed by atoms with E-state index in [2.05, 4.69) is 0 Å². The minimum atomic E-state index is -1.85. The summed E-state index contributed by atoms with van der Waals surface area (Å²) in [6, 6.07) is 6.32. The van der Waals surface area contributed by atoms with E-state index in [4.69, 9.17) is 9.57 Å². The number of fused-ring (bicyclic) bond motifs is 1. The third-order valence-corrected chi connectivity index (χ3v) is 2.47. The van der Waals surface area contributed by atoms with E-state index in [0.717, 1.165) is 0 Å². The van der Waals surface area contributed by atoms with Gasteiger partial charge in [-0.2, -0.15) is 0 Å². The van der Waals surface area contributed by atoms with Crippen LogP contribution in [-0.2, 0) is 14.4 Å². The number of hydrogen-bond acceptors (Lipinski definition) is 5. The van der Waals surface area contributed by atoms with Crippen molar-refractivity contribution in [1.29, 1.82) is 0 Å². The van der Waals surface area contributed by atoms with Gasteiger partial charge in [-0.1, -0.05) is 12.1 Å². The van der Waals surface area contributed by atoms with Crippen LogP contribution in [0.5, 0.6) is 5.75 Å². The fraction of sp³-hybridized carbons (Fsp3) is 0.182. The van der Waals surface area contributed by atoms with E-state index in [0.29, 0.717) is 0 Å². The molecular weight excluding hydrogens is 226 g/mol. The van der Waals surface area contributed by atoms with Gasteiger partial charge in [0.15, 0.2) is 0 Å². The van der Waals surface area contributed by atoms with Crippen molar-refractivity contribution in [2.75, 3.05) is 0 Å². The molecule has 2 rings (SSSR count). The number of rotatable bonds is 3. The van der Waals surface area contributed by atoms with E-state index >= 15 is 0 Å². The second-order valence-electron chi connectivity index (χ2n) is 3.59. The summed E-state index contributed by atoms with van der Waals surface area (Å²) < 4.78 is 4.97. The van der Waals surface area contributed by atoms with Crippen LogP contribution in [0.15, 0.2) is 24.3 Å². The molecule has 1 aliphatic rings. The van der Waals surface area contributed by atoms with Crippen LogP contribution in [0.25, 0.3) is 0 Å². The Morgan fingerprint density at radius 2 is 2.06 bits per heavy atom. The molecule has 1 unspecified atom stereocenters. The van der Waals surface area contributed by atoms with Gasteiger partial charge < -0.3 is 4.74 Å². The molecule has 0 aromatic heterocycles. The van der Waals surface area contributed by atoms with Gasteiger partial charge >= 0.3 is 5.97 Å². The summed E-state index contributed by atoms with van der Waals surface area (Å²) >= 11 is 0. The quantitative estimate of drug-likeness (QED) is 0.266. The fourth-order valence-electron chi connectivity index (χ4n) is 1.52. The Labute approximate surface area is 96.5 Å². The summed E-state index contributed by atoms with van der Waals surface area (Å²) in [5.74, 6) is -1.23. The minimum Gasteiger partial charge on any atom is -0.423 e. The smallest absolute Gasteiger partial charge is 0.354 e. The summed E-state index contributed by atoms with van der Waals surface area (Å²) in [5, 5.41) is 0. The standard InChI is InChI=1S/C11H9NO5/c1-11(17-12-6-13)9(14)7-4-2-3-5-8(7)16-10(11)15/h2-6H,1H3,(H,12,13). The monoisotopic (exact) mass is 235 g/mol. The first kappa shape index (κ1) is 11.3. The number of ether oxygens (including phenoxy) is 1. The molecule has 0 saturated heterocycles. The van der Waals surface area contributed by atoms with Gasteiger partial charge in [0.1, 0.15) is 5.75 Å². The maximum absolute atomic E-state index is 12.1. The van der Waals surface area contributed by atoms with Gasteiger partial charge in [0, 0.05) is 0 Å². The van der Waals surface area contributed by atoms with E-state index in [-0.39, 0.29) is 17.7 Å². The number of hydrogen-bond donors (Lipinski definition) is 1. The first-order valence-corrected chi connectivity index (χ1v) is 4.83. The van der Waals surface area contributed by atoms with Crippen molar-refractivity contribution in [2.24, 2.45) is 0 Å². The number of esters is 1. The molecular formula is C11H9NO5. The third kappa shape index (κ3) is 1.68. The molecule has 1 aromatic carbocycles. The van der Waals surface area contributed by atoms with E-state index in [1.807, 2.05) is 5.48 Å². The second-order valence-corrected chi connectivity index (χ2v) is 3.59. The van der Waals surface area contributed by atoms with E-state index in [9.17, 15) is 14.4 Å². The third-order valence-electron chi connectivity index (χ3n) is 2.47. The van der Waals surface area contributed by atoms with Gasteiger partial charge in [0.05, 0.1) is 5.56 Å². The Balaban J connectivity index is 2.42. The predicted octanol–water partition coefficient (Wildman–Crippen LogP) is 0.225. The molecule has 1 N–H and O–H groups in total. The molecule has 88 valence electrons. The normalized spacial score (nSPS) is 22.6. The van der Waals surface area contributed by atoms with Gasteiger partial charge in [-0.3, -0.25) is 9.59 Å². The van der Waals surface area contributed by atoms with E-state index in [1.54, 1.807) is 12.1 Å². The lowest BCUT2D eigenvalue weighted by Gasteiger charge is -2.29. The highest BCUT2D eigenvalue weighted by Crippen LogP contribution is 2.31. The number of amides is 1. The van der Waals surface area contributed by atoms with Crippen molar-refractivity contribution in [1.82, 2.24) is 5.48 Å². The molecule has 1 heterocycles. The minimum absolute atomic E-state index is 0.190. The Hall–Kier alpha value is -2.21. The SMILES string of the molecule is CC1(ONC=O)C(=O)Oc2ccccc2C1=O. The number of Topliss-reactive ketones (excluding diaryl/α,β-unsaturated/α-hetero) is 1. The van der Waals surface area contributed by atoms with Crippen LogP contribution in [0.2, 0.25) is 0 Å². The molecule has 0 spiro atoms. The van der Waals surface area contributed by atoms with Gasteiger partial charge in [0.2, 0.25) is 12.2 Å². The average molecular weight is 235 g/mol. The van der Waals surface area contributed by atoms with Crippen molar-refractivity contribution >= 4 is 18.2 Å². The van der Waals surface area contributed by atoms with Crippen molar-refractivity contribution in [3.05, 3.63) is 29.8 Å². The zero-order valence-electron chi connectivity index (χ0n) is 8.93. The van der Waals surface area contributed by atoms with Gasteiger partial charge in [-0.05, 0) is 19.1 Å². The Morgan fingerprint density at radius 1 is 1.35 bits per heavy atom. The molecule has 17 heavy (non-hydrogen) atoms. The van der Waals surface area contributed by atoms with Crippen LogP contribution in [0.3, 0.4) is 0 Å². The summed E-state index contributed by atoms with van der Waals surface area (Å²) in [6.45, 7) is 1.24. The zero-order chi connectivity index (χ0) is 12.5. The van der Waals surface area contributed by atoms with Crippen LogP contribution in [0.4, 0.5) is 0 Å². The van der Waals surface area contributed by atoms with E-state index < -0.39 is 17.4 Å². The van der Waals surface area contributed by atoms with Gasteiger partial charge in [-0.25, -0.2) is 15.1 Å². The number of carbonyl (C=O) groups excluding carboxylic acids is 3. The molecule has 0 saturated carbocycles. The van der Waals surface area contributed by atoms with Crippen LogP contribution >= 0.6 is 0 Å². The zero-order valence-corrected chi connectivity index (χ0v) is 8.93. The molecule has 6 heteroatoms. The number of nitrogens with one attached hydrogen (secondary N) is 1. The molecule has 0 radical (unpaired) electrons. The number of benzene rings is 1. The number of hydroxylamine groups is 1. The second kappa shape index (κ2) is 3.99. The first-order valence-electron chi connectivity index (χ1n) is 4.83. The van der Waals surface area contributed by atoms with Crippen molar-refractivity contribution in [3.63, 3.8) is 0 Å². The largest absolute Gasteiger partial charge is 0.423 e. The van der Waals surface area contributed by atoms with Crippen LogP contribution < -0.4 is 10.2 Å². The predicted molar refractivity (Wildman–Crippen MR) is 55.1 cm³/mol. The van der Waals surface area contributed by atoms with Crippen LogP contribution in [-0.4, -0.2) is 23.8 Å². The summed E-state index contributed by atoms with van der Waals surface area (Å²) in [4.78, 5) is 38.7. The number of carbonyl (C=O) groups is 3. The number of ketones is 1. The average Bonchev–Trinajstić information content (AvgIpc) is 2.34. The molecule has 1 aliphatic heterocycles. The van der Waals surface area contributed by atoms with E-state index in [1.165, 1.54) is 19.1 Å². The van der Waals surface area contributed by atoms with Crippen molar-refractivity contribution < 1.29 is 24.0 Å². The maximum Gasteiger partial charge on any atom is 0.354 e. The van der Waals surface area contributed by atoms with Crippen LogP contribution in [0, 0.1) is 0 Å². The lowest BCUT2D eigenvalue weighted by Crippen LogP contribution is -2.54. The van der Waals surface area contributed by atoms with Crippen LogP contribution in [0.1, 0.15) is 17.3 Å². The highest BCUT2D eigenvalue weighted by Gasteiger charge is 2.50. The lowest BCUT2D eigenvalue weighted by molar-refractivity contribution is -0.165. The molecule has 0 bridgehead atoms. The topological polar surface area (TPSA) is 81.7 Å². The molecule has 1 aromatic rings. The first-order chi connectivity index (χ1) is 8.09.